The number of halogens is 3. The third-order valence-electron chi connectivity index (χ3n) is 5.58. The van der Waals surface area contributed by atoms with Crippen LogP contribution in [0.1, 0.15) is 12.1 Å². The van der Waals surface area contributed by atoms with Gasteiger partial charge in [-0.05, 0) is 37.6 Å². The number of hydrogen-bond donors (Lipinski definition) is 2. The Hall–Kier alpha value is -3.74. The van der Waals surface area contributed by atoms with Crippen LogP contribution in [-0.2, 0) is 4.79 Å². The van der Waals surface area contributed by atoms with Crippen molar-refractivity contribution in [3.8, 4) is 11.5 Å². The molecule has 34 heavy (non-hydrogen) atoms. The normalized spacial score (nSPS) is 19.5. The molecule has 1 aromatic carbocycles. The minimum Gasteiger partial charge on any atom is -0.484 e. The molecule has 5 rings (SSSR count). The Balaban J connectivity index is 1.21. The zero-order valence-corrected chi connectivity index (χ0v) is 18.0. The third-order valence-corrected chi connectivity index (χ3v) is 5.58. The molecule has 10 nitrogen and oxygen atoms in total. The first-order valence-corrected chi connectivity index (χ1v) is 10.5. The van der Waals surface area contributed by atoms with E-state index in [0.29, 0.717) is 34.9 Å². The smallest absolute Gasteiger partial charge is 0.484 e. The maximum absolute atomic E-state index is 12.2. The van der Waals surface area contributed by atoms with E-state index in [0.717, 1.165) is 31.6 Å². The second-order valence-electron chi connectivity index (χ2n) is 8.04. The van der Waals surface area contributed by atoms with Gasteiger partial charge in [0.05, 0.1) is 11.9 Å². The van der Waals surface area contributed by atoms with Crippen LogP contribution in [0.3, 0.4) is 0 Å². The van der Waals surface area contributed by atoms with Crippen molar-refractivity contribution in [1.82, 2.24) is 25.3 Å². The SMILES string of the molecule is Cc1nc(N2CC3CC2CN3)nc2ncc(NC(=O)COc3ccc(OC(F)(F)F)cc3)nc12. The Morgan fingerprint density at radius 3 is 2.65 bits per heavy atom. The highest BCUT2D eigenvalue weighted by molar-refractivity contribution is 5.91. The predicted molar refractivity (Wildman–Crippen MR) is 115 cm³/mol. The zero-order valence-electron chi connectivity index (χ0n) is 18.0. The van der Waals surface area contributed by atoms with Crippen LogP contribution in [0.4, 0.5) is 24.9 Å². The van der Waals surface area contributed by atoms with Crippen LogP contribution in [0.15, 0.2) is 30.5 Å². The van der Waals surface area contributed by atoms with Crippen LogP contribution in [0, 0.1) is 6.92 Å². The number of hydrogen-bond acceptors (Lipinski definition) is 9. The lowest BCUT2D eigenvalue weighted by Gasteiger charge is -2.27. The molecule has 2 fully saturated rings. The van der Waals surface area contributed by atoms with Gasteiger partial charge in [0.2, 0.25) is 5.95 Å². The molecule has 178 valence electrons. The summed E-state index contributed by atoms with van der Waals surface area (Å²) in [6.45, 7) is 3.21. The number of piperazine rings is 1. The molecule has 2 aromatic heterocycles. The van der Waals surface area contributed by atoms with Crippen molar-refractivity contribution in [1.29, 1.82) is 0 Å². The first-order valence-electron chi connectivity index (χ1n) is 10.5. The van der Waals surface area contributed by atoms with Crippen LogP contribution in [-0.4, -0.2) is 64.0 Å². The quantitative estimate of drug-likeness (QED) is 0.554. The first kappa shape index (κ1) is 22.1. The van der Waals surface area contributed by atoms with Crippen LogP contribution in [0.25, 0.3) is 11.2 Å². The maximum atomic E-state index is 12.2. The highest BCUT2D eigenvalue weighted by Crippen LogP contribution is 2.28. The molecule has 2 bridgehead atoms. The standard InChI is InChI=1S/C21H20F3N7O3/c1-11-18-19(30-20(27-11)31-9-12-6-13(31)7-25-12)26-8-16(29-18)28-17(32)10-33-14-2-4-15(5-3-14)34-21(22,23)24/h2-5,8,12-13,25H,6-7,9-10H2,1H3,(H,28,29,32). The molecule has 0 radical (unpaired) electrons. The van der Waals surface area contributed by atoms with Gasteiger partial charge in [0.15, 0.2) is 18.1 Å². The molecule has 2 N–H and O–H groups in total. The lowest BCUT2D eigenvalue weighted by Crippen LogP contribution is -2.44. The van der Waals surface area contributed by atoms with Gasteiger partial charge in [-0.1, -0.05) is 0 Å². The lowest BCUT2D eigenvalue weighted by atomic mass is 10.2. The van der Waals surface area contributed by atoms with Gasteiger partial charge < -0.3 is 25.0 Å². The van der Waals surface area contributed by atoms with Crippen LogP contribution in [0.5, 0.6) is 11.5 Å². The Bertz CT molecular complexity index is 1220. The fraction of sp³-hybridized carbons (Fsp3) is 0.381. The van der Waals surface area contributed by atoms with Crippen LogP contribution < -0.4 is 25.0 Å². The molecule has 2 aliphatic heterocycles. The average Bonchev–Trinajstić information content (AvgIpc) is 3.42. The topological polar surface area (TPSA) is 114 Å². The molecule has 0 saturated carbocycles. The summed E-state index contributed by atoms with van der Waals surface area (Å²) in [5, 5.41) is 6.02. The minimum atomic E-state index is -4.78. The van der Waals surface area contributed by atoms with Crippen molar-refractivity contribution in [2.75, 3.05) is 29.9 Å². The van der Waals surface area contributed by atoms with Gasteiger partial charge in [-0.3, -0.25) is 4.79 Å². The molecule has 0 aliphatic carbocycles. The molecule has 2 aliphatic rings. The van der Waals surface area contributed by atoms with Crippen LogP contribution >= 0.6 is 0 Å². The van der Waals surface area contributed by atoms with Crippen molar-refractivity contribution in [2.45, 2.75) is 31.8 Å². The van der Waals surface area contributed by atoms with Gasteiger partial charge >= 0.3 is 6.36 Å². The number of aromatic nitrogens is 4. The molecule has 4 heterocycles. The van der Waals surface area contributed by atoms with Crippen molar-refractivity contribution < 1.29 is 27.4 Å². The number of fused-ring (bicyclic) bond motifs is 3. The Morgan fingerprint density at radius 2 is 1.97 bits per heavy atom. The molecule has 3 aromatic rings. The molecule has 2 atom stereocenters. The van der Waals surface area contributed by atoms with Gasteiger partial charge in [-0.2, -0.15) is 4.98 Å². The number of rotatable bonds is 6. The summed E-state index contributed by atoms with van der Waals surface area (Å²) in [5.41, 5.74) is 1.57. The minimum absolute atomic E-state index is 0.205. The fourth-order valence-electron chi connectivity index (χ4n) is 4.09. The monoisotopic (exact) mass is 475 g/mol. The molecule has 13 heteroatoms. The summed E-state index contributed by atoms with van der Waals surface area (Å²) < 4.78 is 45.7. The van der Waals surface area contributed by atoms with E-state index in [1.54, 1.807) is 0 Å². The van der Waals surface area contributed by atoms with E-state index < -0.39 is 12.3 Å². The second-order valence-corrected chi connectivity index (χ2v) is 8.04. The maximum Gasteiger partial charge on any atom is 0.573 e. The van der Waals surface area contributed by atoms with Gasteiger partial charge in [0.25, 0.3) is 5.91 Å². The van der Waals surface area contributed by atoms with Gasteiger partial charge in [0, 0.05) is 25.2 Å². The van der Waals surface area contributed by atoms with Crippen molar-refractivity contribution in [3.05, 3.63) is 36.2 Å². The Morgan fingerprint density at radius 1 is 1.21 bits per heavy atom. The molecule has 1 amide bonds. The summed E-state index contributed by atoms with van der Waals surface area (Å²) in [5.74, 6) is 0.145. The van der Waals surface area contributed by atoms with E-state index in [1.165, 1.54) is 18.3 Å². The van der Waals surface area contributed by atoms with Gasteiger partial charge in [0.1, 0.15) is 17.0 Å². The van der Waals surface area contributed by atoms with E-state index in [1.807, 2.05) is 6.92 Å². The predicted octanol–water partition coefficient (Wildman–Crippen LogP) is 2.19. The number of carbonyl (C=O) groups excluding carboxylic acids is 1. The van der Waals surface area contributed by atoms with E-state index in [2.05, 4.69) is 40.2 Å². The summed E-state index contributed by atoms with van der Waals surface area (Å²) in [7, 11) is 0. The average molecular weight is 475 g/mol. The number of aryl methyl sites for hydroxylation is 1. The first-order chi connectivity index (χ1) is 16.2. The van der Waals surface area contributed by atoms with Crippen LogP contribution in [0.2, 0.25) is 0 Å². The largest absolute Gasteiger partial charge is 0.573 e. The number of carbonyl (C=O) groups is 1. The number of ether oxygens (including phenoxy) is 2. The van der Waals surface area contributed by atoms with Crippen molar-refractivity contribution >= 4 is 28.8 Å². The summed E-state index contributed by atoms with van der Waals surface area (Å²) in [6, 6.07) is 5.56. The molecule has 2 saturated heterocycles. The number of alkyl halides is 3. The second kappa shape index (κ2) is 8.56. The lowest BCUT2D eigenvalue weighted by molar-refractivity contribution is -0.274. The highest BCUT2D eigenvalue weighted by atomic mass is 19.4. The number of nitrogens with one attached hydrogen (secondary N) is 2. The Labute approximate surface area is 191 Å². The number of amides is 1. The molecular formula is C21H20F3N7O3. The van der Waals surface area contributed by atoms with E-state index >= 15 is 0 Å². The van der Waals surface area contributed by atoms with Crippen molar-refractivity contribution in [2.24, 2.45) is 0 Å². The molecular weight excluding hydrogens is 455 g/mol. The van der Waals surface area contributed by atoms with E-state index in [9.17, 15) is 18.0 Å². The Kier molecular flexibility index (Phi) is 5.55. The van der Waals surface area contributed by atoms with Gasteiger partial charge in [-0.15, -0.1) is 13.2 Å². The number of anilines is 2. The van der Waals surface area contributed by atoms with Gasteiger partial charge in [-0.25, -0.2) is 15.0 Å². The van der Waals surface area contributed by atoms with E-state index in [-0.39, 0.29) is 23.9 Å². The summed E-state index contributed by atoms with van der Waals surface area (Å²) in [4.78, 5) is 32.3. The molecule has 2 unspecified atom stereocenters. The summed E-state index contributed by atoms with van der Waals surface area (Å²) >= 11 is 0. The number of nitrogens with zero attached hydrogens (tertiary/aromatic N) is 5. The number of benzene rings is 1. The third kappa shape index (κ3) is 4.78. The highest BCUT2D eigenvalue weighted by Gasteiger charge is 2.39. The fourth-order valence-corrected chi connectivity index (χ4v) is 4.09. The zero-order chi connectivity index (χ0) is 23.9. The molecule has 0 spiro atoms. The summed E-state index contributed by atoms with van der Waals surface area (Å²) in [6.07, 6.45) is -2.30. The van der Waals surface area contributed by atoms with Crippen molar-refractivity contribution in [3.63, 3.8) is 0 Å². The van der Waals surface area contributed by atoms with E-state index in [4.69, 9.17) is 4.74 Å².